The summed E-state index contributed by atoms with van der Waals surface area (Å²) in [5.41, 5.74) is 7.47. The van der Waals surface area contributed by atoms with E-state index in [0.717, 1.165) is 5.56 Å². The summed E-state index contributed by atoms with van der Waals surface area (Å²) in [5, 5.41) is 3.27. The maximum Gasteiger partial charge on any atom is 0.273 e. The van der Waals surface area contributed by atoms with E-state index in [0.29, 0.717) is 33.5 Å². The predicted octanol–water partition coefficient (Wildman–Crippen LogP) is 3.44. The molecule has 0 heterocycles. The Bertz CT molecular complexity index is 912. The summed E-state index contributed by atoms with van der Waals surface area (Å²) >= 11 is 6.04. The zero-order chi connectivity index (χ0) is 20.7. The van der Waals surface area contributed by atoms with Crippen molar-refractivity contribution < 1.29 is 19.1 Å². The fourth-order valence-corrected chi connectivity index (χ4v) is 2.47. The molecule has 0 radical (unpaired) electrons. The van der Waals surface area contributed by atoms with Crippen molar-refractivity contribution >= 4 is 29.1 Å². The Morgan fingerprint density at radius 2 is 1.79 bits per heavy atom. The van der Waals surface area contributed by atoms with Crippen LogP contribution >= 0.6 is 11.6 Å². The van der Waals surface area contributed by atoms with E-state index in [9.17, 15) is 9.59 Å². The van der Waals surface area contributed by atoms with Crippen LogP contribution < -0.4 is 25.6 Å². The second-order valence-corrected chi connectivity index (χ2v) is 6.33. The monoisotopic (exact) mass is 403 g/mol. The van der Waals surface area contributed by atoms with Crippen molar-refractivity contribution in [2.75, 3.05) is 19.5 Å². The Kier molecular flexibility index (Phi) is 7.28. The lowest BCUT2D eigenvalue weighted by Gasteiger charge is -2.12. The van der Waals surface area contributed by atoms with E-state index in [1.165, 1.54) is 20.3 Å². The summed E-state index contributed by atoms with van der Waals surface area (Å²) in [6.07, 6.45) is 1.32. The van der Waals surface area contributed by atoms with Gasteiger partial charge in [-0.2, -0.15) is 0 Å². The van der Waals surface area contributed by atoms with Gasteiger partial charge in [-0.15, -0.1) is 0 Å². The Morgan fingerprint density at radius 3 is 2.43 bits per heavy atom. The first-order valence-corrected chi connectivity index (χ1v) is 8.75. The summed E-state index contributed by atoms with van der Waals surface area (Å²) in [6, 6.07) is 10.1. The molecule has 2 aromatic rings. The van der Waals surface area contributed by atoms with Crippen LogP contribution in [0.5, 0.6) is 11.5 Å². The molecule has 0 saturated heterocycles. The SMILES string of the molecule is COc1ccc(C(=O)NNC(C)=CC(=O)Nc2ccc(C)c(Cl)c2)c(OC)c1. The quantitative estimate of drug-likeness (QED) is 0.486. The molecule has 0 spiro atoms. The van der Waals surface area contributed by atoms with E-state index in [1.54, 1.807) is 37.3 Å². The first kappa shape index (κ1) is 21.1. The third kappa shape index (κ3) is 5.65. The molecule has 3 N–H and O–H groups in total. The van der Waals surface area contributed by atoms with Gasteiger partial charge in [0.2, 0.25) is 5.91 Å². The number of allylic oxidation sites excluding steroid dienone is 1. The van der Waals surface area contributed by atoms with E-state index in [1.807, 2.05) is 13.0 Å². The topological polar surface area (TPSA) is 88.7 Å². The van der Waals surface area contributed by atoms with Crippen LogP contribution in [0.4, 0.5) is 5.69 Å². The minimum atomic E-state index is -0.419. The molecular formula is C20H22ClN3O4. The molecule has 7 nitrogen and oxygen atoms in total. The summed E-state index contributed by atoms with van der Waals surface area (Å²) in [7, 11) is 2.99. The van der Waals surface area contributed by atoms with Crippen molar-refractivity contribution in [2.45, 2.75) is 13.8 Å². The molecule has 2 rings (SSSR count). The number of amides is 2. The molecule has 0 aliphatic rings. The van der Waals surface area contributed by atoms with E-state index >= 15 is 0 Å². The second kappa shape index (κ2) is 9.66. The van der Waals surface area contributed by atoms with Crippen LogP contribution in [0.15, 0.2) is 48.2 Å². The normalized spacial score (nSPS) is 10.8. The molecule has 0 aliphatic heterocycles. The predicted molar refractivity (Wildman–Crippen MR) is 109 cm³/mol. The lowest BCUT2D eigenvalue weighted by atomic mass is 10.2. The van der Waals surface area contributed by atoms with Gasteiger partial charge in [0.1, 0.15) is 11.5 Å². The van der Waals surface area contributed by atoms with Crippen molar-refractivity contribution in [1.29, 1.82) is 0 Å². The van der Waals surface area contributed by atoms with E-state index in [-0.39, 0.29) is 5.91 Å². The number of hydrogen-bond donors (Lipinski definition) is 3. The van der Waals surface area contributed by atoms with Gasteiger partial charge in [0.05, 0.1) is 19.8 Å². The number of halogens is 1. The van der Waals surface area contributed by atoms with Crippen molar-refractivity contribution in [3.8, 4) is 11.5 Å². The summed E-state index contributed by atoms with van der Waals surface area (Å²) in [5.74, 6) is 0.166. The van der Waals surface area contributed by atoms with Gasteiger partial charge in [-0.3, -0.25) is 15.0 Å². The zero-order valence-electron chi connectivity index (χ0n) is 16.1. The van der Waals surface area contributed by atoms with E-state index in [4.69, 9.17) is 21.1 Å². The van der Waals surface area contributed by atoms with Crippen molar-refractivity contribution in [3.63, 3.8) is 0 Å². The zero-order valence-corrected chi connectivity index (χ0v) is 16.8. The van der Waals surface area contributed by atoms with Gasteiger partial charge in [-0.1, -0.05) is 17.7 Å². The maximum atomic E-state index is 12.3. The summed E-state index contributed by atoms with van der Waals surface area (Å²) in [6.45, 7) is 3.52. The number of ether oxygens (including phenoxy) is 2. The first-order valence-electron chi connectivity index (χ1n) is 8.38. The Labute approximate surface area is 168 Å². The van der Waals surface area contributed by atoms with Crippen molar-refractivity contribution in [1.82, 2.24) is 10.9 Å². The minimum absolute atomic E-state index is 0.322. The van der Waals surface area contributed by atoms with Crippen molar-refractivity contribution in [2.24, 2.45) is 0 Å². The average Bonchev–Trinajstić information content (AvgIpc) is 2.68. The van der Waals surface area contributed by atoms with Crippen LogP contribution in [-0.2, 0) is 4.79 Å². The largest absolute Gasteiger partial charge is 0.497 e. The van der Waals surface area contributed by atoms with Crippen LogP contribution in [0.3, 0.4) is 0 Å². The molecule has 0 bridgehead atoms. The molecule has 2 amide bonds. The van der Waals surface area contributed by atoms with Gasteiger partial charge in [-0.05, 0) is 43.7 Å². The number of carbonyl (C=O) groups is 2. The van der Waals surface area contributed by atoms with Gasteiger partial charge >= 0.3 is 0 Å². The first-order chi connectivity index (χ1) is 13.3. The molecule has 0 fully saturated rings. The Balaban J connectivity index is 1.96. The lowest BCUT2D eigenvalue weighted by Crippen LogP contribution is -2.36. The molecule has 0 saturated carbocycles. The minimum Gasteiger partial charge on any atom is -0.497 e. The van der Waals surface area contributed by atoms with Gasteiger partial charge in [0.15, 0.2) is 0 Å². The summed E-state index contributed by atoms with van der Waals surface area (Å²) < 4.78 is 10.3. The standard InChI is InChI=1S/C20H22ClN3O4/c1-12-5-6-14(10-17(12)21)22-19(25)9-13(2)23-24-20(26)16-8-7-15(27-3)11-18(16)28-4/h5-11,23H,1-4H3,(H,22,25)(H,24,26). The number of benzene rings is 2. The average molecular weight is 404 g/mol. The number of aryl methyl sites for hydroxylation is 1. The van der Waals surface area contributed by atoms with Gasteiger partial charge in [0, 0.05) is 28.5 Å². The molecular weight excluding hydrogens is 382 g/mol. The van der Waals surface area contributed by atoms with Crippen LogP contribution in [0.1, 0.15) is 22.8 Å². The highest BCUT2D eigenvalue weighted by molar-refractivity contribution is 6.31. The molecule has 0 unspecified atom stereocenters. The van der Waals surface area contributed by atoms with Crippen LogP contribution in [-0.4, -0.2) is 26.0 Å². The van der Waals surface area contributed by atoms with Gasteiger partial charge < -0.3 is 20.2 Å². The van der Waals surface area contributed by atoms with Gasteiger partial charge in [0.25, 0.3) is 5.91 Å². The number of carbonyl (C=O) groups excluding carboxylic acids is 2. The number of hydrogen-bond acceptors (Lipinski definition) is 5. The smallest absolute Gasteiger partial charge is 0.273 e. The Hall–Kier alpha value is -3.19. The second-order valence-electron chi connectivity index (χ2n) is 5.93. The fraction of sp³-hybridized carbons (Fsp3) is 0.200. The molecule has 2 aromatic carbocycles. The molecule has 0 aromatic heterocycles. The number of rotatable bonds is 7. The van der Waals surface area contributed by atoms with Gasteiger partial charge in [-0.25, -0.2) is 0 Å². The third-order valence-corrected chi connectivity index (χ3v) is 4.22. The number of nitrogens with one attached hydrogen (secondary N) is 3. The van der Waals surface area contributed by atoms with E-state index < -0.39 is 5.91 Å². The van der Waals surface area contributed by atoms with Crippen LogP contribution in [0.2, 0.25) is 5.02 Å². The Morgan fingerprint density at radius 1 is 1.04 bits per heavy atom. The molecule has 8 heteroatoms. The van der Waals surface area contributed by atoms with Crippen LogP contribution in [0.25, 0.3) is 0 Å². The molecule has 28 heavy (non-hydrogen) atoms. The fourth-order valence-electron chi connectivity index (χ4n) is 2.29. The molecule has 0 atom stereocenters. The van der Waals surface area contributed by atoms with Crippen LogP contribution in [0, 0.1) is 6.92 Å². The summed E-state index contributed by atoms with van der Waals surface area (Å²) in [4.78, 5) is 24.4. The molecule has 148 valence electrons. The lowest BCUT2D eigenvalue weighted by molar-refractivity contribution is -0.112. The highest BCUT2D eigenvalue weighted by Crippen LogP contribution is 2.24. The maximum absolute atomic E-state index is 12.3. The number of methoxy groups -OCH3 is 2. The highest BCUT2D eigenvalue weighted by Gasteiger charge is 2.13. The van der Waals surface area contributed by atoms with Crippen molar-refractivity contribution in [3.05, 3.63) is 64.3 Å². The third-order valence-electron chi connectivity index (χ3n) is 3.81. The highest BCUT2D eigenvalue weighted by atomic mass is 35.5. The molecule has 0 aliphatic carbocycles. The number of hydrazine groups is 1. The van der Waals surface area contributed by atoms with E-state index in [2.05, 4.69) is 16.2 Å². The number of anilines is 1.